The molecule has 0 atom stereocenters. The molecule has 0 aliphatic rings. The molecule has 0 bridgehead atoms. The van der Waals surface area contributed by atoms with Crippen molar-refractivity contribution in [3.63, 3.8) is 0 Å². The Bertz CT molecular complexity index is 227. The molecule has 0 saturated heterocycles. The quantitative estimate of drug-likeness (QED) is 0.473. The molecule has 86 valence electrons. The van der Waals surface area contributed by atoms with Gasteiger partial charge in [0.25, 0.3) is 11.9 Å². The van der Waals surface area contributed by atoms with E-state index >= 15 is 0 Å². The third-order valence-electron chi connectivity index (χ3n) is 0.441. The van der Waals surface area contributed by atoms with Crippen LogP contribution in [0.2, 0.25) is 0 Å². The molecule has 0 aliphatic carbocycles. The van der Waals surface area contributed by atoms with Gasteiger partial charge in [-0.1, -0.05) is 0 Å². The monoisotopic (exact) mass is 241 g/mol. The van der Waals surface area contributed by atoms with Crippen molar-refractivity contribution in [1.82, 2.24) is 0 Å². The van der Waals surface area contributed by atoms with Crippen molar-refractivity contribution < 1.29 is 59.3 Å². The number of nitriles is 1. The normalized spacial score (nSPS) is 6.31. The molecule has 0 rings (SSSR count). The third kappa shape index (κ3) is 217. The Labute approximate surface area is 115 Å². The molecule has 7 nitrogen and oxygen atoms in total. The average molecular weight is 241 g/mol. The van der Waals surface area contributed by atoms with Gasteiger partial charge in [-0.15, -0.1) is 0 Å². The number of carbonyl (C=O) groups is 3. The van der Waals surface area contributed by atoms with E-state index in [4.69, 9.17) is 25.1 Å². The summed E-state index contributed by atoms with van der Waals surface area (Å²) in [5.41, 5.74) is 0. The summed E-state index contributed by atoms with van der Waals surface area (Å²) in [6.45, 7) is 2.17. The Morgan fingerprint density at radius 2 is 1.44 bits per heavy atom. The molecule has 0 aromatic rings. The van der Waals surface area contributed by atoms with Crippen LogP contribution < -0.4 is 34.7 Å². The van der Waals surface area contributed by atoms with Gasteiger partial charge >= 0.3 is 29.6 Å². The van der Waals surface area contributed by atoms with Crippen LogP contribution in [0.1, 0.15) is 26.7 Å². The predicted octanol–water partition coefficient (Wildman–Crippen LogP) is -3.77. The van der Waals surface area contributed by atoms with Gasteiger partial charge in [0.05, 0.1) is 6.07 Å². The van der Waals surface area contributed by atoms with Crippen molar-refractivity contribution in [3.8, 4) is 6.07 Å². The van der Waals surface area contributed by atoms with Crippen molar-refractivity contribution in [2.75, 3.05) is 0 Å². The Balaban J connectivity index is -0.0000000700. The number of hydrogen-bond donors (Lipinski definition) is 2. The summed E-state index contributed by atoms with van der Waals surface area (Å²) in [6.07, 6.45) is -0.112. The van der Waals surface area contributed by atoms with Crippen LogP contribution in [0.4, 0.5) is 0 Å². The van der Waals surface area contributed by atoms with Gasteiger partial charge in [-0.3, -0.25) is 9.59 Å². The molecule has 0 saturated carbocycles. The maximum absolute atomic E-state index is 9.50. The first-order chi connectivity index (χ1) is 6.73. The molecule has 0 radical (unpaired) electrons. The van der Waals surface area contributed by atoms with Crippen LogP contribution in [0.5, 0.6) is 0 Å². The smallest absolute Gasteiger partial charge is 0.550 e. The third-order valence-corrected chi connectivity index (χ3v) is 0.441. The molecular weight excluding hydrogens is 229 g/mol. The van der Waals surface area contributed by atoms with Crippen LogP contribution in [-0.4, -0.2) is 28.1 Å². The van der Waals surface area contributed by atoms with Crippen molar-refractivity contribution in [2.24, 2.45) is 0 Å². The van der Waals surface area contributed by atoms with Crippen molar-refractivity contribution >= 4 is 17.9 Å². The number of hydrogen-bond acceptors (Lipinski definition) is 5. The van der Waals surface area contributed by atoms with Crippen molar-refractivity contribution in [1.29, 1.82) is 5.26 Å². The largest absolute Gasteiger partial charge is 1.00 e. The predicted molar refractivity (Wildman–Crippen MR) is 46.5 cm³/mol. The number of carbonyl (C=O) groups excluding carboxylic acids is 1. The van der Waals surface area contributed by atoms with E-state index in [1.54, 1.807) is 6.07 Å². The van der Waals surface area contributed by atoms with Gasteiger partial charge in [-0.2, -0.15) is 5.26 Å². The fraction of sp³-hybridized carbons (Fsp3) is 0.500. The van der Waals surface area contributed by atoms with E-state index in [9.17, 15) is 9.90 Å². The zero-order valence-electron chi connectivity index (χ0n) is 9.39. The first-order valence-electron chi connectivity index (χ1n) is 3.69. The molecule has 0 aromatic carbocycles. The minimum atomic E-state index is -1.17. The fourth-order valence-corrected chi connectivity index (χ4v) is 0.158. The number of carboxylic acid groups (broad SMARTS) is 3. The molecule has 0 fully saturated rings. The van der Waals surface area contributed by atoms with Crippen LogP contribution in [-0.2, 0) is 14.4 Å². The molecule has 0 spiro atoms. The van der Waals surface area contributed by atoms with Gasteiger partial charge in [-0.05, 0) is 6.42 Å². The second-order valence-electron chi connectivity index (χ2n) is 2.07. The van der Waals surface area contributed by atoms with E-state index in [2.05, 4.69) is 0 Å². The van der Waals surface area contributed by atoms with Gasteiger partial charge in [0.1, 0.15) is 0 Å². The van der Waals surface area contributed by atoms with E-state index in [0.29, 0.717) is 0 Å². The van der Waals surface area contributed by atoms with Crippen LogP contribution >= 0.6 is 0 Å². The number of rotatable bonds is 2. The molecule has 0 heterocycles. The van der Waals surface area contributed by atoms with E-state index in [-0.39, 0.29) is 42.4 Å². The summed E-state index contributed by atoms with van der Waals surface area (Å²) in [5.74, 6) is -2.83. The van der Waals surface area contributed by atoms with E-state index < -0.39 is 17.9 Å². The summed E-state index contributed by atoms with van der Waals surface area (Å²) < 4.78 is 0. The molecule has 0 amide bonds. The van der Waals surface area contributed by atoms with Gasteiger partial charge in [0.15, 0.2) is 0 Å². The number of carboxylic acids is 3. The topological polar surface area (TPSA) is 139 Å². The summed E-state index contributed by atoms with van der Waals surface area (Å²) >= 11 is 0. The first-order valence-corrected chi connectivity index (χ1v) is 3.69. The van der Waals surface area contributed by atoms with Gasteiger partial charge in [0.2, 0.25) is 0 Å². The molecule has 8 heteroatoms. The first kappa shape index (κ1) is 24.2. The fourth-order valence-electron chi connectivity index (χ4n) is 0.158. The van der Waals surface area contributed by atoms with E-state index in [1.807, 2.05) is 0 Å². The zero-order chi connectivity index (χ0) is 12.9. The zero-order valence-corrected chi connectivity index (χ0v) is 11.4. The van der Waals surface area contributed by atoms with Crippen molar-refractivity contribution in [3.05, 3.63) is 0 Å². The summed E-state index contributed by atoms with van der Waals surface area (Å²) in [7, 11) is 0. The van der Waals surface area contributed by atoms with Crippen molar-refractivity contribution in [2.45, 2.75) is 26.7 Å². The minimum Gasteiger partial charge on any atom is -0.550 e. The van der Waals surface area contributed by atoms with E-state index in [0.717, 1.165) is 13.8 Å². The Morgan fingerprint density at radius 3 is 1.50 bits per heavy atom. The Kier molecular flexibility index (Phi) is 29.5. The van der Waals surface area contributed by atoms with Crippen LogP contribution in [0.15, 0.2) is 0 Å². The summed E-state index contributed by atoms with van der Waals surface area (Å²) in [6, 6.07) is 1.68. The SMILES string of the molecule is CC(=O)O.CC(=O)O.N#CCCC(=O)[O-].[Na+]. The average Bonchev–Trinajstić information content (AvgIpc) is 1.98. The number of nitrogens with zero attached hydrogens (tertiary/aromatic N) is 1. The van der Waals surface area contributed by atoms with Crippen LogP contribution in [0.3, 0.4) is 0 Å². The Hall–Kier alpha value is -1.10. The minimum absolute atomic E-state index is 0. The van der Waals surface area contributed by atoms with Gasteiger partial charge in [0, 0.05) is 26.2 Å². The van der Waals surface area contributed by atoms with E-state index in [1.165, 1.54) is 0 Å². The molecule has 2 N–H and O–H groups in total. The maximum atomic E-state index is 9.50. The molecular formula is C8H12NNaO6. The molecule has 0 aromatic heterocycles. The maximum Gasteiger partial charge on any atom is 1.00 e. The van der Waals surface area contributed by atoms with Gasteiger partial charge in [-0.25, -0.2) is 0 Å². The van der Waals surface area contributed by atoms with Crippen LogP contribution in [0, 0.1) is 11.3 Å². The Morgan fingerprint density at radius 1 is 1.19 bits per heavy atom. The van der Waals surface area contributed by atoms with Crippen LogP contribution in [0.25, 0.3) is 0 Å². The van der Waals surface area contributed by atoms with Gasteiger partial charge < -0.3 is 20.1 Å². The number of aliphatic carboxylic acids is 3. The summed E-state index contributed by atoms with van der Waals surface area (Å²) in [4.78, 5) is 27.5. The summed E-state index contributed by atoms with van der Waals surface area (Å²) in [5, 5.41) is 32.1. The second kappa shape index (κ2) is 19.5. The standard InChI is InChI=1S/C4H5NO2.2C2H4O2.Na/c5-3-1-2-4(6)7;2*1-2(3)4;/h1-2H2,(H,6,7);2*1H3,(H,3,4);/q;;;+1/p-1. The molecule has 16 heavy (non-hydrogen) atoms. The second-order valence-corrected chi connectivity index (χ2v) is 2.07. The molecule has 0 unspecified atom stereocenters. The molecule has 0 aliphatic heterocycles.